The highest BCUT2D eigenvalue weighted by atomic mass is 32.1. The fourth-order valence-corrected chi connectivity index (χ4v) is 4.92. The van der Waals surface area contributed by atoms with Crippen LogP contribution in [0.4, 0.5) is 5.13 Å². The Kier molecular flexibility index (Phi) is 4.67. The second kappa shape index (κ2) is 7.09. The molecule has 4 rings (SSSR count). The number of thiophene rings is 1. The fraction of sp³-hybridized carbons (Fsp3) is 0.389. The van der Waals surface area contributed by atoms with Crippen molar-refractivity contribution in [3.05, 3.63) is 45.1 Å². The van der Waals surface area contributed by atoms with Crippen LogP contribution >= 0.6 is 22.7 Å². The average molecular weight is 374 g/mol. The Morgan fingerprint density at radius 3 is 3.00 bits per heavy atom. The summed E-state index contributed by atoms with van der Waals surface area (Å²) in [5, 5.41) is 5.38. The van der Waals surface area contributed by atoms with Crippen molar-refractivity contribution in [3.8, 4) is 0 Å². The first kappa shape index (κ1) is 16.5. The molecule has 0 unspecified atom stereocenters. The molecule has 1 aliphatic heterocycles. The van der Waals surface area contributed by atoms with Crippen molar-refractivity contribution in [2.75, 3.05) is 11.9 Å². The number of allylic oxidation sites excluding steroid dienone is 2. The summed E-state index contributed by atoms with van der Waals surface area (Å²) < 4.78 is 0. The van der Waals surface area contributed by atoms with Crippen molar-refractivity contribution in [3.63, 3.8) is 0 Å². The van der Waals surface area contributed by atoms with Gasteiger partial charge in [0.05, 0.1) is 17.1 Å². The lowest BCUT2D eigenvalue weighted by Gasteiger charge is -2.30. The number of rotatable bonds is 3. The summed E-state index contributed by atoms with van der Waals surface area (Å²) in [6.45, 7) is 1.33. The molecule has 0 aromatic carbocycles. The lowest BCUT2D eigenvalue weighted by atomic mass is 9.92. The molecule has 3 heterocycles. The van der Waals surface area contributed by atoms with Gasteiger partial charge in [0, 0.05) is 23.8 Å². The molecule has 1 atom stereocenters. The molecule has 2 aromatic heterocycles. The van der Waals surface area contributed by atoms with Gasteiger partial charge in [0.25, 0.3) is 5.91 Å². The predicted molar refractivity (Wildman–Crippen MR) is 100.0 cm³/mol. The van der Waals surface area contributed by atoms with Gasteiger partial charge in [-0.05, 0) is 30.7 Å². The van der Waals surface area contributed by atoms with Gasteiger partial charge in [-0.2, -0.15) is 0 Å². The van der Waals surface area contributed by atoms with Gasteiger partial charge in [-0.1, -0.05) is 29.6 Å². The van der Waals surface area contributed by atoms with Crippen LogP contribution in [0.25, 0.3) is 0 Å². The third-order valence-electron chi connectivity index (χ3n) is 4.63. The third kappa shape index (κ3) is 3.52. The van der Waals surface area contributed by atoms with Gasteiger partial charge in [0.2, 0.25) is 5.91 Å². The number of thiazole rings is 1. The number of hydrogen-bond acceptors (Lipinski definition) is 5. The van der Waals surface area contributed by atoms with E-state index in [1.54, 1.807) is 6.07 Å². The maximum Gasteiger partial charge on any atom is 0.267 e. The van der Waals surface area contributed by atoms with E-state index in [4.69, 9.17) is 0 Å². The van der Waals surface area contributed by atoms with E-state index in [1.807, 2.05) is 16.3 Å². The Morgan fingerprint density at radius 1 is 1.32 bits per heavy atom. The van der Waals surface area contributed by atoms with Crippen molar-refractivity contribution in [1.29, 1.82) is 0 Å². The SMILES string of the molecule is O=C(Nc1nc2c(s1)CN(C(=O)[C@@H]1CC=CCC1)CC2)c1cccs1. The molecule has 5 nitrogen and oxygen atoms in total. The molecule has 0 radical (unpaired) electrons. The van der Waals surface area contributed by atoms with Crippen LogP contribution < -0.4 is 5.32 Å². The first-order valence-electron chi connectivity index (χ1n) is 8.48. The Hall–Kier alpha value is -1.99. The van der Waals surface area contributed by atoms with Crippen molar-refractivity contribution < 1.29 is 9.59 Å². The molecular formula is C18H19N3O2S2. The van der Waals surface area contributed by atoms with Gasteiger partial charge in [-0.15, -0.1) is 11.3 Å². The second-order valence-electron chi connectivity index (χ2n) is 6.31. The number of carbonyl (C=O) groups is 2. The molecule has 2 aromatic rings. The number of amides is 2. The quantitative estimate of drug-likeness (QED) is 0.835. The zero-order valence-corrected chi connectivity index (χ0v) is 15.4. The summed E-state index contributed by atoms with van der Waals surface area (Å²) in [5.41, 5.74) is 1.01. The molecule has 0 saturated carbocycles. The average Bonchev–Trinajstić information content (AvgIpc) is 3.30. The first-order valence-corrected chi connectivity index (χ1v) is 10.2. The van der Waals surface area contributed by atoms with Gasteiger partial charge in [0.1, 0.15) is 0 Å². The summed E-state index contributed by atoms with van der Waals surface area (Å²) >= 11 is 2.89. The van der Waals surface area contributed by atoms with Crippen LogP contribution in [0.2, 0.25) is 0 Å². The molecule has 1 aliphatic carbocycles. The van der Waals surface area contributed by atoms with E-state index in [-0.39, 0.29) is 17.7 Å². The predicted octanol–water partition coefficient (Wildman–Crippen LogP) is 3.70. The van der Waals surface area contributed by atoms with Gasteiger partial charge in [-0.25, -0.2) is 4.98 Å². The molecule has 2 amide bonds. The molecule has 0 bridgehead atoms. The molecule has 2 aliphatic rings. The molecule has 1 N–H and O–H groups in total. The van der Waals surface area contributed by atoms with E-state index >= 15 is 0 Å². The number of hydrogen-bond donors (Lipinski definition) is 1. The maximum absolute atomic E-state index is 12.7. The van der Waals surface area contributed by atoms with Crippen LogP contribution in [0.1, 0.15) is 39.5 Å². The van der Waals surface area contributed by atoms with E-state index in [2.05, 4.69) is 22.5 Å². The summed E-state index contributed by atoms with van der Waals surface area (Å²) in [7, 11) is 0. The molecule has 7 heteroatoms. The second-order valence-corrected chi connectivity index (χ2v) is 8.34. The van der Waals surface area contributed by atoms with Gasteiger partial charge in [0.15, 0.2) is 5.13 Å². The van der Waals surface area contributed by atoms with E-state index in [0.717, 1.165) is 36.3 Å². The lowest BCUT2D eigenvalue weighted by Crippen LogP contribution is -2.39. The largest absolute Gasteiger partial charge is 0.337 e. The standard InChI is InChI=1S/C18H19N3O2S2/c22-16(14-7-4-10-24-14)20-18-19-13-8-9-21(11-15(13)25-18)17(23)12-5-2-1-3-6-12/h1-2,4,7,10,12H,3,5-6,8-9,11H2,(H,19,20,22)/t12-/m1/s1. The van der Waals surface area contributed by atoms with E-state index in [0.29, 0.717) is 23.1 Å². The van der Waals surface area contributed by atoms with Gasteiger partial charge in [-0.3, -0.25) is 14.9 Å². The Morgan fingerprint density at radius 2 is 2.24 bits per heavy atom. The third-order valence-corrected chi connectivity index (χ3v) is 6.49. The summed E-state index contributed by atoms with van der Waals surface area (Å²) in [5.74, 6) is 0.257. The number of carbonyl (C=O) groups excluding carboxylic acids is 2. The van der Waals surface area contributed by atoms with E-state index in [9.17, 15) is 9.59 Å². The molecule has 25 heavy (non-hydrogen) atoms. The normalized spacial score (nSPS) is 19.5. The summed E-state index contributed by atoms with van der Waals surface area (Å²) in [4.78, 5) is 33.1. The van der Waals surface area contributed by atoms with Gasteiger partial charge < -0.3 is 4.90 Å². The van der Waals surface area contributed by atoms with Crippen LogP contribution in [-0.4, -0.2) is 28.2 Å². The first-order chi connectivity index (χ1) is 12.2. The van der Waals surface area contributed by atoms with Crippen molar-refractivity contribution in [2.45, 2.75) is 32.2 Å². The summed E-state index contributed by atoms with van der Waals surface area (Å²) in [6, 6.07) is 3.66. The van der Waals surface area contributed by atoms with Crippen LogP contribution in [0.5, 0.6) is 0 Å². The monoisotopic (exact) mass is 373 g/mol. The van der Waals surface area contributed by atoms with E-state index < -0.39 is 0 Å². The maximum atomic E-state index is 12.7. The van der Waals surface area contributed by atoms with Crippen LogP contribution in [0.15, 0.2) is 29.7 Å². The van der Waals surface area contributed by atoms with Crippen molar-refractivity contribution in [1.82, 2.24) is 9.88 Å². The number of nitrogens with zero attached hydrogens (tertiary/aromatic N) is 2. The minimum atomic E-state index is -0.122. The molecule has 130 valence electrons. The number of nitrogens with one attached hydrogen (secondary N) is 1. The minimum Gasteiger partial charge on any atom is -0.337 e. The van der Waals surface area contributed by atoms with Crippen LogP contribution in [0.3, 0.4) is 0 Å². The molecule has 0 saturated heterocycles. The molecule has 0 fully saturated rings. The van der Waals surface area contributed by atoms with Crippen molar-refractivity contribution in [2.24, 2.45) is 5.92 Å². The zero-order valence-electron chi connectivity index (χ0n) is 13.7. The molecular weight excluding hydrogens is 354 g/mol. The Bertz CT molecular complexity index is 810. The van der Waals surface area contributed by atoms with Crippen LogP contribution in [-0.2, 0) is 17.8 Å². The number of anilines is 1. The topological polar surface area (TPSA) is 62.3 Å². The number of aromatic nitrogens is 1. The lowest BCUT2D eigenvalue weighted by molar-refractivity contribution is -0.136. The van der Waals surface area contributed by atoms with Crippen molar-refractivity contribution >= 4 is 39.6 Å². The Labute approximate surface area is 154 Å². The smallest absolute Gasteiger partial charge is 0.267 e. The van der Waals surface area contributed by atoms with Gasteiger partial charge >= 0.3 is 0 Å². The highest BCUT2D eigenvalue weighted by molar-refractivity contribution is 7.16. The van der Waals surface area contributed by atoms with E-state index in [1.165, 1.54) is 22.7 Å². The highest BCUT2D eigenvalue weighted by Crippen LogP contribution is 2.30. The summed E-state index contributed by atoms with van der Waals surface area (Å²) in [6.07, 6.45) is 7.83. The fourth-order valence-electron chi connectivity index (χ4n) is 3.28. The Balaban J connectivity index is 1.43. The van der Waals surface area contributed by atoms with Crippen LogP contribution in [0, 0.1) is 5.92 Å². The highest BCUT2D eigenvalue weighted by Gasteiger charge is 2.29. The minimum absolute atomic E-state index is 0.122. The number of fused-ring (bicyclic) bond motifs is 1. The zero-order chi connectivity index (χ0) is 17.2. The molecule has 0 spiro atoms.